The SMILES string of the molecule is CC1CCCCC1N(C)CC(N)(C(N)=O)c1ccccc1. The van der Waals surface area contributed by atoms with E-state index in [4.69, 9.17) is 11.5 Å². The zero-order valence-electron chi connectivity index (χ0n) is 13.1. The summed E-state index contributed by atoms with van der Waals surface area (Å²) in [5.41, 5.74) is 11.7. The molecule has 4 nitrogen and oxygen atoms in total. The number of primary amides is 1. The second-order valence-electron chi connectivity index (χ2n) is 6.45. The summed E-state index contributed by atoms with van der Waals surface area (Å²) in [6.45, 7) is 2.74. The van der Waals surface area contributed by atoms with Gasteiger partial charge in [-0.3, -0.25) is 4.79 Å². The van der Waals surface area contributed by atoms with E-state index in [0.29, 0.717) is 18.5 Å². The van der Waals surface area contributed by atoms with E-state index < -0.39 is 11.4 Å². The minimum Gasteiger partial charge on any atom is -0.368 e. The van der Waals surface area contributed by atoms with Crippen molar-refractivity contribution >= 4 is 5.91 Å². The third kappa shape index (κ3) is 3.44. The van der Waals surface area contributed by atoms with E-state index in [9.17, 15) is 4.79 Å². The number of nitrogens with two attached hydrogens (primary N) is 2. The molecule has 0 radical (unpaired) electrons. The number of carbonyl (C=O) groups excluding carboxylic acids is 1. The second kappa shape index (κ2) is 6.58. The van der Waals surface area contributed by atoms with Crippen LogP contribution in [-0.4, -0.2) is 30.4 Å². The zero-order chi connectivity index (χ0) is 15.5. The van der Waals surface area contributed by atoms with Crippen LogP contribution in [0.4, 0.5) is 0 Å². The number of hydrogen-bond donors (Lipinski definition) is 2. The second-order valence-corrected chi connectivity index (χ2v) is 6.45. The minimum absolute atomic E-state index is 0.460. The highest BCUT2D eigenvalue weighted by Crippen LogP contribution is 2.29. The van der Waals surface area contributed by atoms with Gasteiger partial charge in [0.05, 0.1) is 0 Å². The lowest BCUT2D eigenvalue weighted by Gasteiger charge is -2.40. The summed E-state index contributed by atoms with van der Waals surface area (Å²) < 4.78 is 0. The maximum atomic E-state index is 12.0. The molecule has 1 saturated carbocycles. The Labute approximate surface area is 127 Å². The van der Waals surface area contributed by atoms with Crippen molar-refractivity contribution in [3.63, 3.8) is 0 Å². The molecule has 0 bridgehead atoms. The molecular formula is C17H27N3O. The van der Waals surface area contributed by atoms with Gasteiger partial charge in [-0.25, -0.2) is 0 Å². The van der Waals surface area contributed by atoms with Crippen molar-refractivity contribution in [2.24, 2.45) is 17.4 Å². The number of amides is 1. The van der Waals surface area contributed by atoms with Gasteiger partial charge in [0.2, 0.25) is 5.91 Å². The van der Waals surface area contributed by atoms with Crippen LogP contribution < -0.4 is 11.5 Å². The van der Waals surface area contributed by atoms with Gasteiger partial charge in [0.25, 0.3) is 0 Å². The van der Waals surface area contributed by atoms with Crippen LogP contribution in [0.5, 0.6) is 0 Å². The molecule has 1 amide bonds. The first-order valence-electron chi connectivity index (χ1n) is 7.79. The molecule has 1 fully saturated rings. The van der Waals surface area contributed by atoms with Gasteiger partial charge in [0.15, 0.2) is 0 Å². The van der Waals surface area contributed by atoms with Gasteiger partial charge in [0.1, 0.15) is 5.54 Å². The molecule has 0 spiro atoms. The van der Waals surface area contributed by atoms with E-state index in [1.165, 1.54) is 25.7 Å². The normalized spacial score (nSPS) is 25.5. The standard InChI is InChI=1S/C17H27N3O/c1-13-8-6-7-11-15(13)20(2)12-17(19,16(18)21)14-9-4-3-5-10-14/h3-5,9-10,13,15H,6-8,11-12,19H2,1-2H3,(H2,18,21). The van der Waals surface area contributed by atoms with Gasteiger partial charge in [-0.2, -0.15) is 0 Å². The van der Waals surface area contributed by atoms with Crippen LogP contribution in [0.2, 0.25) is 0 Å². The first-order chi connectivity index (χ1) is 9.95. The fourth-order valence-electron chi connectivity index (χ4n) is 3.51. The number of carbonyl (C=O) groups is 1. The Morgan fingerprint density at radius 3 is 2.48 bits per heavy atom. The molecule has 0 aromatic heterocycles. The lowest BCUT2D eigenvalue weighted by atomic mass is 9.83. The number of likely N-dealkylation sites (N-methyl/N-ethyl adjacent to an activating group) is 1. The maximum Gasteiger partial charge on any atom is 0.243 e. The molecule has 4 N–H and O–H groups in total. The van der Waals surface area contributed by atoms with Crippen LogP contribution in [0.3, 0.4) is 0 Å². The molecule has 21 heavy (non-hydrogen) atoms. The monoisotopic (exact) mass is 289 g/mol. The van der Waals surface area contributed by atoms with Gasteiger partial charge < -0.3 is 16.4 Å². The topological polar surface area (TPSA) is 72.3 Å². The number of nitrogens with zero attached hydrogens (tertiary/aromatic N) is 1. The fourth-order valence-corrected chi connectivity index (χ4v) is 3.51. The van der Waals surface area contributed by atoms with Crippen molar-refractivity contribution in [1.29, 1.82) is 0 Å². The molecule has 1 aromatic rings. The van der Waals surface area contributed by atoms with E-state index in [0.717, 1.165) is 5.56 Å². The Bertz CT molecular complexity index is 476. The van der Waals surface area contributed by atoms with Crippen molar-refractivity contribution in [3.05, 3.63) is 35.9 Å². The van der Waals surface area contributed by atoms with Gasteiger partial charge >= 0.3 is 0 Å². The van der Waals surface area contributed by atoms with Crippen LogP contribution in [0.25, 0.3) is 0 Å². The molecule has 0 saturated heterocycles. The molecule has 116 valence electrons. The van der Waals surface area contributed by atoms with Crippen molar-refractivity contribution < 1.29 is 4.79 Å². The third-order valence-electron chi connectivity index (χ3n) is 4.86. The van der Waals surface area contributed by atoms with Crippen LogP contribution in [0.1, 0.15) is 38.2 Å². The summed E-state index contributed by atoms with van der Waals surface area (Å²) in [5, 5.41) is 0. The van der Waals surface area contributed by atoms with Crippen molar-refractivity contribution in [2.45, 2.75) is 44.2 Å². The van der Waals surface area contributed by atoms with Gasteiger partial charge in [0, 0.05) is 12.6 Å². The average molecular weight is 289 g/mol. The fraction of sp³-hybridized carbons (Fsp3) is 0.588. The number of benzene rings is 1. The predicted molar refractivity (Wildman–Crippen MR) is 85.6 cm³/mol. The van der Waals surface area contributed by atoms with Crippen LogP contribution in [0.15, 0.2) is 30.3 Å². The molecule has 0 heterocycles. The largest absolute Gasteiger partial charge is 0.368 e. The summed E-state index contributed by atoms with van der Waals surface area (Å²) in [5.74, 6) is 0.167. The lowest BCUT2D eigenvalue weighted by Crippen LogP contribution is -2.58. The first-order valence-corrected chi connectivity index (χ1v) is 7.79. The van der Waals surface area contributed by atoms with Crippen molar-refractivity contribution in [2.75, 3.05) is 13.6 Å². The van der Waals surface area contributed by atoms with E-state index in [1.54, 1.807) is 0 Å². The minimum atomic E-state index is -1.13. The van der Waals surface area contributed by atoms with E-state index >= 15 is 0 Å². The first kappa shape index (κ1) is 16.0. The molecule has 3 unspecified atom stereocenters. The maximum absolute atomic E-state index is 12.0. The van der Waals surface area contributed by atoms with E-state index in [2.05, 4.69) is 18.9 Å². The number of hydrogen-bond acceptors (Lipinski definition) is 3. The lowest BCUT2D eigenvalue weighted by molar-refractivity contribution is -0.124. The Balaban J connectivity index is 2.18. The molecular weight excluding hydrogens is 262 g/mol. The van der Waals surface area contributed by atoms with Crippen molar-refractivity contribution in [3.8, 4) is 0 Å². The molecule has 1 aromatic carbocycles. The Morgan fingerprint density at radius 2 is 1.90 bits per heavy atom. The Hall–Kier alpha value is -1.39. The number of rotatable bonds is 5. The molecule has 0 aliphatic heterocycles. The quantitative estimate of drug-likeness (QED) is 0.868. The molecule has 2 rings (SSSR count). The highest BCUT2D eigenvalue weighted by atomic mass is 16.1. The third-order valence-corrected chi connectivity index (χ3v) is 4.86. The Morgan fingerprint density at radius 1 is 1.29 bits per heavy atom. The summed E-state index contributed by atoms with van der Waals surface area (Å²) in [6.07, 6.45) is 4.96. The molecule has 3 atom stereocenters. The van der Waals surface area contributed by atoms with E-state index in [1.807, 2.05) is 30.3 Å². The van der Waals surface area contributed by atoms with Gasteiger partial charge in [-0.1, -0.05) is 50.1 Å². The van der Waals surface area contributed by atoms with Crippen LogP contribution in [0, 0.1) is 5.92 Å². The molecule has 4 heteroatoms. The average Bonchev–Trinajstić information content (AvgIpc) is 2.48. The van der Waals surface area contributed by atoms with Crippen molar-refractivity contribution in [1.82, 2.24) is 4.90 Å². The summed E-state index contributed by atoms with van der Waals surface area (Å²) >= 11 is 0. The summed E-state index contributed by atoms with van der Waals surface area (Å²) in [4.78, 5) is 14.2. The van der Waals surface area contributed by atoms with Crippen LogP contribution in [-0.2, 0) is 10.3 Å². The van der Waals surface area contributed by atoms with Gasteiger partial charge in [-0.05, 0) is 31.4 Å². The molecule has 1 aliphatic rings. The highest BCUT2D eigenvalue weighted by Gasteiger charge is 2.37. The summed E-state index contributed by atoms with van der Waals surface area (Å²) in [6, 6.07) is 9.93. The molecule has 1 aliphatic carbocycles. The zero-order valence-corrected chi connectivity index (χ0v) is 13.1. The Kier molecular flexibility index (Phi) is 5.01. The highest BCUT2D eigenvalue weighted by molar-refractivity contribution is 5.86. The smallest absolute Gasteiger partial charge is 0.243 e. The predicted octanol–water partition coefficient (Wildman–Crippen LogP) is 1.84. The van der Waals surface area contributed by atoms with E-state index in [-0.39, 0.29) is 0 Å². The van der Waals surface area contributed by atoms with Crippen LogP contribution >= 0.6 is 0 Å². The van der Waals surface area contributed by atoms with Gasteiger partial charge in [-0.15, -0.1) is 0 Å². The summed E-state index contributed by atoms with van der Waals surface area (Å²) in [7, 11) is 2.06.